The summed E-state index contributed by atoms with van der Waals surface area (Å²) in [6.45, 7) is 5.50. The van der Waals surface area contributed by atoms with Crippen LogP contribution in [0.15, 0.2) is 26.9 Å². The Bertz CT molecular complexity index is 1070. The first kappa shape index (κ1) is 25.1. The SMILES string of the molecule is CCc1cc(OC(F)F)cc(C(C)C)c1NC(=O)N=[S@](N)(=O)c1cnc(C(C)(C)O)s1. The van der Waals surface area contributed by atoms with Crippen LogP contribution in [0.25, 0.3) is 0 Å². The summed E-state index contributed by atoms with van der Waals surface area (Å²) in [7, 11) is -3.61. The van der Waals surface area contributed by atoms with E-state index in [1.54, 1.807) is 6.92 Å². The highest BCUT2D eigenvalue weighted by atomic mass is 32.2. The number of anilines is 1. The van der Waals surface area contributed by atoms with Crippen LogP contribution in [0, 0.1) is 0 Å². The molecule has 31 heavy (non-hydrogen) atoms. The first-order valence-electron chi connectivity index (χ1n) is 9.40. The van der Waals surface area contributed by atoms with E-state index in [0.29, 0.717) is 23.2 Å². The third-order valence-electron chi connectivity index (χ3n) is 4.20. The maximum absolute atomic E-state index is 12.8. The van der Waals surface area contributed by atoms with Gasteiger partial charge in [-0.05, 0) is 49.4 Å². The summed E-state index contributed by atoms with van der Waals surface area (Å²) in [6.07, 6.45) is 1.63. The van der Waals surface area contributed by atoms with Crippen LogP contribution in [0.3, 0.4) is 0 Å². The molecule has 1 atom stereocenters. The summed E-state index contributed by atoms with van der Waals surface area (Å²) in [6, 6.07) is 1.88. The van der Waals surface area contributed by atoms with Gasteiger partial charge in [-0.2, -0.15) is 8.78 Å². The Kier molecular flexibility index (Phi) is 7.74. The molecule has 0 radical (unpaired) electrons. The van der Waals surface area contributed by atoms with Gasteiger partial charge in [0.2, 0.25) is 0 Å². The molecule has 0 aliphatic carbocycles. The minimum Gasteiger partial charge on any atom is -0.435 e. The minimum absolute atomic E-state index is 0.0167. The number of urea groups is 1. The number of nitrogens with zero attached hydrogens (tertiary/aromatic N) is 2. The lowest BCUT2D eigenvalue weighted by Crippen LogP contribution is -2.18. The predicted molar refractivity (Wildman–Crippen MR) is 116 cm³/mol. The summed E-state index contributed by atoms with van der Waals surface area (Å²) < 4.78 is 46.3. The number of amides is 2. The fraction of sp³-hybridized carbons (Fsp3) is 0.474. The molecule has 12 heteroatoms. The van der Waals surface area contributed by atoms with Crippen molar-refractivity contribution in [1.82, 2.24) is 4.98 Å². The number of aliphatic hydroxyl groups is 1. The molecule has 1 aromatic heterocycles. The highest BCUT2D eigenvalue weighted by Gasteiger charge is 2.24. The Morgan fingerprint density at radius 2 is 2.06 bits per heavy atom. The number of aryl methyl sites for hydroxylation is 1. The van der Waals surface area contributed by atoms with Crippen molar-refractivity contribution in [3.8, 4) is 5.75 Å². The average molecular weight is 477 g/mol. The fourth-order valence-corrected chi connectivity index (χ4v) is 4.79. The molecule has 0 fully saturated rings. The Balaban J connectivity index is 2.42. The largest absolute Gasteiger partial charge is 0.435 e. The number of carbonyl (C=O) groups excluding carboxylic acids is 1. The van der Waals surface area contributed by atoms with Crippen LogP contribution in [0.5, 0.6) is 5.75 Å². The van der Waals surface area contributed by atoms with Crippen LogP contribution >= 0.6 is 11.3 Å². The maximum atomic E-state index is 12.8. The van der Waals surface area contributed by atoms with Gasteiger partial charge < -0.3 is 15.2 Å². The Hall–Kier alpha value is -2.15. The van der Waals surface area contributed by atoms with Gasteiger partial charge in [-0.25, -0.2) is 19.1 Å². The first-order chi connectivity index (χ1) is 14.2. The van der Waals surface area contributed by atoms with Crippen molar-refractivity contribution in [3.05, 3.63) is 34.5 Å². The number of nitrogens with one attached hydrogen (secondary N) is 1. The number of hydrogen-bond donors (Lipinski definition) is 3. The van der Waals surface area contributed by atoms with Crippen molar-refractivity contribution >= 4 is 33.0 Å². The van der Waals surface area contributed by atoms with E-state index in [2.05, 4.69) is 19.4 Å². The van der Waals surface area contributed by atoms with Crippen molar-refractivity contribution < 1.29 is 27.6 Å². The van der Waals surface area contributed by atoms with E-state index in [-0.39, 0.29) is 20.9 Å². The van der Waals surface area contributed by atoms with Crippen LogP contribution in [0.4, 0.5) is 19.3 Å². The quantitative estimate of drug-likeness (QED) is 0.539. The molecular weight excluding hydrogens is 450 g/mol. The number of halogens is 2. The zero-order valence-corrected chi connectivity index (χ0v) is 19.4. The molecule has 1 heterocycles. The van der Waals surface area contributed by atoms with Crippen LogP contribution in [-0.2, 0) is 21.9 Å². The zero-order chi connectivity index (χ0) is 23.6. The van der Waals surface area contributed by atoms with Gasteiger partial charge >= 0.3 is 12.6 Å². The van der Waals surface area contributed by atoms with Crippen molar-refractivity contribution in [2.45, 2.75) is 63.4 Å². The van der Waals surface area contributed by atoms with E-state index in [9.17, 15) is 22.9 Å². The minimum atomic E-state index is -3.61. The summed E-state index contributed by atoms with van der Waals surface area (Å²) in [5.74, 6) is -0.156. The second-order valence-corrected chi connectivity index (χ2v) is 10.6. The van der Waals surface area contributed by atoms with Crippen LogP contribution < -0.4 is 15.2 Å². The molecule has 8 nitrogen and oxygen atoms in total. The van der Waals surface area contributed by atoms with Gasteiger partial charge in [0.05, 0.1) is 6.20 Å². The summed E-state index contributed by atoms with van der Waals surface area (Å²) in [4.78, 5) is 16.5. The molecule has 2 amide bonds. The number of aromatic nitrogens is 1. The van der Waals surface area contributed by atoms with Crippen molar-refractivity contribution in [2.24, 2.45) is 9.50 Å². The number of hydrogen-bond acceptors (Lipinski definition) is 6. The third kappa shape index (κ3) is 6.42. The molecule has 0 aliphatic heterocycles. The average Bonchev–Trinajstić information content (AvgIpc) is 3.13. The predicted octanol–water partition coefficient (Wildman–Crippen LogP) is 4.59. The normalized spacial score (nSPS) is 13.9. The van der Waals surface area contributed by atoms with Gasteiger partial charge in [0.1, 0.15) is 20.6 Å². The Labute approximate surface area is 184 Å². The molecular formula is C19H26F2N4O4S2. The molecule has 0 bridgehead atoms. The van der Waals surface area contributed by atoms with E-state index in [0.717, 1.165) is 11.3 Å². The van der Waals surface area contributed by atoms with E-state index >= 15 is 0 Å². The smallest absolute Gasteiger partial charge is 0.387 e. The van der Waals surface area contributed by atoms with Crippen LogP contribution in [-0.4, -0.2) is 26.9 Å². The van der Waals surface area contributed by atoms with Crippen LogP contribution in [0.1, 0.15) is 56.7 Å². The van der Waals surface area contributed by atoms with Crippen LogP contribution in [0.2, 0.25) is 0 Å². The molecule has 172 valence electrons. The molecule has 0 unspecified atom stereocenters. The van der Waals surface area contributed by atoms with Gasteiger partial charge in [-0.1, -0.05) is 20.8 Å². The molecule has 0 aliphatic rings. The maximum Gasteiger partial charge on any atom is 0.387 e. The van der Waals surface area contributed by atoms with Gasteiger partial charge in [-0.3, -0.25) is 0 Å². The standard InChI is InChI=1S/C19H26F2N4O4S2/c1-6-11-7-12(29-17(20)21)8-13(10(2)3)15(11)24-18(26)25-31(22,28)14-9-23-16(30-14)19(4,5)27/h7-10,17,27H,6H2,1-5H3,(H3,22,24,25,26,28)/t31-/m0/s1. The molecule has 2 rings (SSSR count). The van der Waals surface area contributed by atoms with E-state index < -0.39 is 28.2 Å². The topological polar surface area (TPSA) is 127 Å². The van der Waals surface area contributed by atoms with Crippen molar-refractivity contribution in [1.29, 1.82) is 0 Å². The highest BCUT2D eigenvalue weighted by molar-refractivity contribution is 7.93. The number of benzene rings is 1. The van der Waals surface area contributed by atoms with E-state index in [1.807, 2.05) is 13.8 Å². The number of thiazole rings is 1. The lowest BCUT2D eigenvalue weighted by molar-refractivity contribution is -0.0499. The first-order valence-corrected chi connectivity index (χ1v) is 11.8. The van der Waals surface area contributed by atoms with Gasteiger partial charge in [0.15, 0.2) is 9.92 Å². The monoisotopic (exact) mass is 476 g/mol. The summed E-state index contributed by atoms with van der Waals surface area (Å²) in [5, 5.41) is 18.7. The number of nitrogens with two attached hydrogens (primary N) is 1. The van der Waals surface area contributed by atoms with Gasteiger partial charge in [0.25, 0.3) is 0 Å². The van der Waals surface area contributed by atoms with Crippen molar-refractivity contribution in [2.75, 3.05) is 5.32 Å². The number of ether oxygens (including phenoxy) is 1. The summed E-state index contributed by atoms with van der Waals surface area (Å²) >= 11 is 0.895. The molecule has 0 spiro atoms. The van der Waals surface area contributed by atoms with Gasteiger partial charge in [-0.15, -0.1) is 15.7 Å². The second-order valence-electron chi connectivity index (χ2n) is 7.57. The lowest BCUT2D eigenvalue weighted by atomic mass is 9.96. The Morgan fingerprint density at radius 1 is 1.42 bits per heavy atom. The van der Waals surface area contributed by atoms with Crippen molar-refractivity contribution in [3.63, 3.8) is 0 Å². The fourth-order valence-electron chi connectivity index (χ4n) is 2.73. The number of alkyl halides is 2. The zero-order valence-electron chi connectivity index (χ0n) is 17.8. The van der Waals surface area contributed by atoms with E-state index in [4.69, 9.17) is 5.14 Å². The second kappa shape index (κ2) is 9.55. The molecule has 0 saturated carbocycles. The Morgan fingerprint density at radius 3 is 2.55 bits per heavy atom. The molecule has 2 aromatic rings. The highest BCUT2D eigenvalue weighted by Crippen LogP contribution is 2.34. The molecule has 0 saturated heterocycles. The molecule has 1 aromatic carbocycles. The number of rotatable bonds is 7. The summed E-state index contributed by atoms with van der Waals surface area (Å²) in [5.41, 5.74) is 0.232. The number of carbonyl (C=O) groups is 1. The third-order valence-corrected chi connectivity index (χ3v) is 7.39. The van der Waals surface area contributed by atoms with Gasteiger partial charge in [0, 0.05) is 5.69 Å². The molecule has 4 N–H and O–H groups in total. The lowest BCUT2D eigenvalue weighted by Gasteiger charge is -2.19. The van der Waals surface area contributed by atoms with E-state index in [1.165, 1.54) is 32.2 Å².